The molecule has 3 heterocycles. The van der Waals surface area contributed by atoms with Crippen molar-refractivity contribution >= 4 is 28.8 Å². The van der Waals surface area contributed by atoms with Crippen LogP contribution in [-0.2, 0) is 9.59 Å². The fourth-order valence-electron chi connectivity index (χ4n) is 3.68. The largest absolute Gasteiger partial charge is 0.348 e. The average Bonchev–Trinajstić information content (AvgIpc) is 3.14. The molecular weight excluding hydrogens is 298 g/mol. The van der Waals surface area contributed by atoms with E-state index in [0.29, 0.717) is 19.0 Å². The van der Waals surface area contributed by atoms with Crippen LogP contribution in [0.25, 0.3) is 0 Å². The standard InChI is InChI=1S/C16H23N3O2S/c1-12-8-18(9-14(20)17(2)3)11-16(12)5-6-19(15(16)21)13-4-7-22-10-13/h4,7,10,12H,5-6,8-9,11H2,1-3H3/t12-,16-/m0/s1. The van der Waals surface area contributed by atoms with Gasteiger partial charge in [-0.05, 0) is 23.8 Å². The molecule has 1 spiro atoms. The molecule has 2 amide bonds. The van der Waals surface area contributed by atoms with Crippen molar-refractivity contribution in [3.63, 3.8) is 0 Å². The second-order valence-corrected chi connectivity index (χ2v) is 7.48. The van der Waals surface area contributed by atoms with Gasteiger partial charge in [-0.2, -0.15) is 11.3 Å². The number of carbonyl (C=O) groups is 2. The van der Waals surface area contributed by atoms with E-state index in [1.807, 2.05) is 21.7 Å². The van der Waals surface area contributed by atoms with E-state index in [4.69, 9.17) is 0 Å². The molecule has 22 heavy (non-hydrogen) atoms. The normalized spacial score (nSPS) is 28.8. The fraction of sp³-hybridized carbons (Fsp3) is 0.625. The topological polar surface area (TPSA) is 43.9 Å². The lowest BCUT2D eigenvalue weighted by Gasteiger charge is -2.26. The van der Waals surface area contributed by atoms with Gasteiger partial charge < -0.3 is 9.80 Å². The third kappa shape index (κ3) is 2.44. The fourth-order valence-corrected chi connectivity index (χ4v) is 4.33. The zero-order valence-electron chi connectivity index (χ0n) is 13.4. The first kappa shape index (κ1) is 15.5. The Balaban J connectivity index is 1.74. The summed E-state index contributed by atoms with van der Waals surface area (Å²) in [6, 6.07) is 2.01. The number of anilines is 1. The molecule has 120 valence electrons. The zero-order chi connectivity index (χ0) is 15.9. The van der Waals surface area contributed by atoms with Crippen LogP contribution in [0.5, 0.6) is 0 Å². The molecule has 2 fully saturated rings. The third-order valence-electron chi connectivity index (χ3n) is 5.11. The smallest absolute Gasteiger partial charge is 0.236 e. The van der Waals surface area contributed by atoms with Crippen molar-refractivity contribution in [2.75, 3.05) is 45.2 Å². The summed E-state index contributed by atoms with van der Waals surface area (Å²) in [7, 11) is 3.55. The summed E-state index contributed by atoms with van der Waals surface area (Å²) in [5, 5.41) is 4.04. The second-order valence-electron chi connectivity index (χ2n) is 6.70. The van der Waals surface area contributed by atoms with Gasteiger partial charge in [0.05, 0.1) is 17.6 Å². The molecule has 0 unspecified atom stereocenters. The van der Waals surface area contributed by atoms with Gasteiger partial charge in [-0.25, -0.2) is 0 Å². The van der Waals surface area contributed by atoms with Crippen LogP contribution in [0, 0.1) is 11.3 Å². The lowest BCUT2D eigenvalue weighted by atomic mass is 9.78. The minimum absolute atomic E-state index is 0.101. The van der Waals surface area contributed by atoms with E-state index in [1.54, 1.807) is 30.3 Å². The predicted molar refractivity (Wildman–Crippen MR) is 88.0 cm³/mol. The Morgan fingerprint density at radius 2 is 2.27 bits per heavy atom. The Morgan fingerprint density at radius 1 is 1.50 bits per heavy atom. The Hall–Kier alpha value is -1.40. The number of rotatable bonds is 3. The maximum atomic E-state index is 13.0. The molecule has 3 rings (SSSR count). The van der Waals surface area contributed by atoms with Crippen molar-refractivity contribution in [2.24, 2.45) is 11.3 Å². The van der Waals surface area contributed by atoms with Crippen LogP contribution in [-0.4, -0.2) is 61.9 Å². The average molecular weight is 321 g/mol. The van der Waals surface area contributed by atoms with Crippen LogP contribution in [0.2, 0.25) is 0 Å². The molecule has 2 aliphatic heterocycles. The monoisotopic (exact) mass is 321 g/mol. The van der Waals surface area contributed by atoms with E-state index in [9.17, 15) is 9.59 Å². The molecule has 0 aromatic carbocycles. The molecule has 0 saturated carbocycles. The maximum Gasteiger partial charge on any atom is 0.236 e. The Morgan fingerprint density at radius 3 is 2.91 bits per heavy atom. The number of likely N-dealkylation sites (tertiary alicyclic amines) is 1. The lowest BCUT2D eigenvalue weighted by Crippen LogP contribution is -2.41. The van der Waals surface area contributed by atoms with Crippen molar-refractivity contribution in [3.8, 4) is 0 Å². The van der Waals surface area contributed by atoms with Crippen molar-refractivity contribution < 1.29 is 9.59 Å². The van der Waals surface area contributed by atoms with Gasteiger partial charge in [-0.1, -0.05) is 6.92 Å². The highest BCUT2D eigenvalue weighted by atomic mass is 32.1. The van der Waals surface area contributed by atoms with Gasteiger partial charge >= 0.3 is 0 Å². The molecule has 0 bridgehead atoms. The van der Waals surface area contributed by atoms with E-state index >= 15 is 0 Å². The first-order valence-electron chi connectivity index (χ1n) is 7.71. The molecule has 5 nitrogen and oxygen atoms in total. The van der Waals surface area contributed by atoms with E-state index in [1.165, 1.54) is 0 Å². The van der Waals surface area contributed by atoms with E-state index in [-0.39, 0.29) is 17.2 Å². The number of carbonyl (C=O) groups excluding carboxylic acids is 2. The molecule has 2 saturated heterocycles. The highest BCUT2D eigenvalue weighted by Gasteiger charge is 2.55. The second kappa shape index (κ2) is 5.66. The van der Waals surface area contributed by atoms with E-state index in [2.05, 4.69) is 11.8 Å². The molecule has 2 atom stereocenters. The molecule has 0 N–H and O–H groups in total. The van der Waals surface area contributed by atoms with E-state index < -0.39 is 0 Å². The molecule has 1 aromatic rings. The summed E-state index contributed by atoms with van der Waals surface area (Å²) in [6.45, 7) is 4.87. The number of thiophene rings is 1. The van der Waals surface area contributed by atoms with Gasteiger partial charge in [-0.15, -0.1) is 0 Å². The van der Waals surface area contributed by atoms with Crippen molar-refractivity contribution in [3.05, 3.63) is 16.8 Å². The zero-order valence-corrected chi connectivity index (χ0v) is 14.2. The van der Waals surface area contributed by atoms with Crippen molar-refractivity contribution in [1.82, 2.24) is 9.80 Å². The predicted octanol–water partition coefficient (Wildman–Crippen LogP) is 1.51. The van der Waals surface area contributed by atoms with Gasteiger partial charge in [0.2, 0.25) is 11.8 Å². The first-order valence-corrected chi connectivity index (χ1v) is 8.65. The van der Waals surface area contributed by atoms with Crippen LogP contribution in [0.3, 0.4) is 0 Å². The summed E-state index contributed by atoms with van der Waals surface area (Å²) in [4.78, 5) is 30.6. The maximum absolute atomic E-state index is 13.0. The number of hydrogen-bond donors (Lipinski definition) is 0. The third-order valence-corrected chi connectivity index (χ3v) is 5.78. The van der Waals surface area contributed by atoms with Crippen LogP contribution in [0.1, 0.15) is 13.3 Å². The van der Waals surface area contributed by atoms with Crippen LogP contribution >= 0.6 is 11.3 Å². The SMILES string of the molecule is C[C@H]1CN(CC(=O)N(C)C)C[C@@]12CCN(c1ccsc1)C2=O. The van der Waals surface area contributed by atoms with Gasteiger partial charge in [0.15, 0.2) is 0 Å². The summed E-state index contributed by atoms with van der Waals surface area (Å²) in [5.41, 5.74) is 0.705. The highest BCUT2D eigenvalue weighted by molar-refractivity contribution is 7.08. The Kier molecular flexibility index (Phi) is 3.99. The number of nitrogens with zero attached hydrogens (tertiary/aromatic N) is 3. The highest BCUT2D eigenvalue weighted by Crippen LogP contribution is 2.46. The molecule has 0 radical (unpaired) electrons. The van der Waals surface area contributed by atoms with Gasteiger partial charge in [0, 0.05) is 39.1 Å². The molecule has 0 aliphatic carbocycles. The number of amides is 2. The first-order chi connectivity index (χ1) is 10.4. The van der Waals surface area contributed by atoms with Crippen LogP contribution in [0.4, 0.5) is 5.69 Å². The van der Waals surface area contributed by atoms with Gasteiger partial charge in [0.25, 0.3) is 0 Å². The van der Waals surface area contributed by atoms with Crippen LogP contribution in [0.15, 0.2) is 16.8 Å². The molecule has 2 aliphatic rings. The number of likely N-dealkylation sites (N-methyl/N-ethyl adjacent to an activating group) is 1. The quantitative estimate of drug-likeness (QED) is 0.848. The summed E-state index contributed by atoms with van der Waals surface area (Å²) in [5.74, 6) is 0.626. The molecular formula is C16H23N3O2S. The minimum Gasteiger partial charge on any atom is -0.348 e. The minimum atomic E-state index is -0.311. The summed E-state index contributed by atoms with van der Waals surface area (Å²) < 4.78 is 0. The Bertz CT molecular complexity index is 572. The summed E-state index contributed by atoms with van der Waals surface area (Å²) >= 11 is 1.62. The van der Waals surface area contributed by atoms with Crippen LogP contribution < -0.4 is 4.90 Å². The van der Waals surface area contributed by atoms with Crippen molar-refractivity contribution in [2.45, 2.75) is 13.3 Å². The van der Waals surface area contributed by atoms with Crippen molar-refractivity contribution in [1.29, 1.82) is 0 Å². The van der Waals surface area contributed by atoms with E-state index in [0.717, 1.165) is 25.2 Å². The molecule has 6 heteroatoms. The van der Waals surface area contributed by atoms with Gasteiger partial charge in [0.1, 0.15) is 0 Å². The van der Waals surface area contributed by atoms with Gasteiger partial charge in [-0.3, -0.25) is 14.5 Å². The molecule has 1 aromatic heterocycles. The summed E-state index contributed by atoms with van der Waals surface area (Å²) in [6.07, 6.45) is 0.884. The Labute approximate surface area is 135 Å². The number of hydrogen-bond acceptors (Lipinski definition) is 4. The lowest BCUT2D eigenvalue weighted by molar-refractivity contribution is -0.130.